The van der Waals surface area contributed by atoms with Gasteiger partial charge >= 0.3 is 0 Å². The molecule has 0 unspecified atom stereocenters. The molecular weight excluding hydrogens is 331 g/mol. The monoisotopic (exact) mass is 360 g/mol. The third-order valence-electron chi connectivity index (χ3n) is 3.94. The standard InChI is InChI=1S/C19H29N4OP/c1-17-11-10-12-18(15-17)20-25(21(2)3,22(4)5)23(6)16-24-19-13-8-7-9-14-19/h7-15H,16H2,1-6H3. The van der Waals surface area contributed by atoms with Gasteiger partial charge in [0.15, 0.2) is 7.51 Å². The summed E-state index contributed by atoms with van der Waals surface area (Å²) in [5.74, 6) is 0.862. The van der Waals surface area contributed by atoms with Crippen LogP contribution in [0.1, 0.15) is 5.56 Å². The molecule has 2 aromatic rings. The van der Waals surface area contributed by atoms with Gasteiger partial charge in [0, 0.05) is 0 Å². The molecule has 0 aliphatic rings. The van der Waals surface area contributed by atoms with E-state index in [2.05, 4.69) is 80.4 Å². The lowest BCUT2D eigenvalue weighted by Crippen LogP contribution is -2.34. The number of nitrogens with zero attached hydrogens (tertiary/aromatic N) is 4. The van der Waals surface area contributed by atoms with Crippen LogP contribution in [0.2, 0.25) is 0 Å². The Labute approximate surface area is 152 Å². The van der Waals surface area contributed by atoms with Gasteiger partial charge in [-0.15, -0.1) is 0 Å². The van der Waals surface area contributed by atoms with Crippen molar-refractivity contribution in [2.24, 2.45) is 4.74 Å². The first-order valence-corrected chi connectivity index (χ1v) is 9.90. The van der Waals surface area contributed by atoms with E-state index in [0.29, 0.717) is 6.73 Å². The molecule has 0 N–H and O–H groups in total. The molecule has 5 nitrogen and oxygen atoms in total. The number of hydrogen-bond acceptors (Lipinski definition) is 2. The van der Waals surface area contributed by atoms with E-state index in [1.165, 1.54) is 5.56 Å². The molecule has 0 heterocycles. The van der Waals surface area contributed by atoms with Crippen LogP contribution in [0.25, 0.3) is 0 Å². The van der Waals surface area contributed by atoms with Crippen LogP contribution >= 0.6 is 7.51 Å². The molecule has 0 aliphatic carbocycles. The summed E-state index contributed by atoms with van der Waals surface area (Å²) in [5, 5.41) is 0. The Kier molecular flexibility index (Phi) is 6.79. The average molecular weight is 360 g/mol. The highest BCUT2D eigenvalue weighted by Crippen LogP contribution is 2.57. The first-order chi connectivity index (χ1) is 11.9. The Morgan fingerprint density at radius 3 is 2.08 bits per heavy atom. The molecule has 0 amide bonds. The maximum Gasteiger partial charge on any atom is 0.174 e. The number of benzene rings is 2. The van der Waals surface area contributed by atoms with Crippen molar-refractivity contribution in [1.29, 1.82) is 0 Å². The summed E-state index contributed by atoms with van der Waals surface area (Å²) in [6, 6.07) is 18.2. The van der Waals surface area contributed by atoms with Crippen LogP contribution in [0.3, 0.4) is 0 Å². The van der Waals surface area contributed by atoms with Crippen LogP contribution < -0.4 is 4.74 Å². The first kappa shape index (κ1) is 19.7. The van der Waals surface area contributed by atoms with Crippen molar-refractivity contribution in [1.82, 2.24) is 14.0 Å². The quantitative estimate of drug-likeness (QED) is 0.531. The van der Waals surface area contributed by atoms with Crippen LogP contribution in [0.4, 0.5) is 5.69 Å². The minimum absolute atomic E-state index is 0.462. The predicted molar refractivity (Wildman–Crippen MR) is 107 cm³/mol. The lowest BCUT2D eigenvalue weighted by atomic mass is 10.2. The largest absolute Gasteiger partial charge is 0.478 e. The molecule has 6 heteroatoms. The van der Waals surface area contributed by atoms with E-state index >= 15 is 0 Å². The summed E-state index contributed by atoms with van der Waals surface area (Å²) >= 11 is 0. The Morgan fingerprint density at radius 2 is 1.52 bits per heavy atom. The van der Waals surface area contributed by atoms with Crippen LogP contribution in [-0.4, -0.2) is 56.0 Å². The van der Waals surface area contributed by atoms with Gasteiger partial charge in [-0.1, -0.05) is 30.3 Å². The molecule has 136 valence electrons. The van der Waals surface area contributed by atoms with E-state index in [4.69, 9.17) is 9.48 Å². The van der Waals surface area contributed by atoms with Gasteiger partial charge in [0.25, 0.3) is 0 Å². The molecule has 0 aliphatic heterocycles. The van der Waals surface area contributed by atoms with Crippen molar-refractivity contribution in [3.05, 3.63) is 60.2 Å². The van der Waals surface area contributed by atoms with E-state index in [1.807, 2.05) is 30.3 Å². The number of para-hydroxylation sites is 1. The summed E-state index contributed by atoms with van der Waals surface area (Å²) < 4.78 is 17.7. The Bertz CT molecular complexity index is 719. The highest BCUT2D eigenvalue weighted by Gasteiger charge is 2.31. The minimum Gasteiger partial charge on any atom is -0.478 e. The molecule has 0 saturated carbocycles. The topological polar surface area (TPSA) is 31.3 Å². The second kappa shape index (κ2) is 8.63. The molecule has 0 atom stereocenters. The number of rotatable bonds is 7. The van der Waals surface area contributed by atoms with Crippen molar-refractivity contribution < 1.29 is 4.74 Å². The van der Waals surface area contributed by atoms with Gasteiger partial charge < -0.3 is 4.74 Å². The first-order valence-electron chi connectivity index (χ1n) is 8.30. The van der Waals surface area contributed by atoms with E-state index in [0.717, 1.165) is 11.4 Å². The second-order valence-electron chi connectivity index (χ2n) is 6.41. The van der Waals surface area contributed by atoms with E-state index in [-0.39, 0.29) is 0 Å². The van der Waals surface area contributed by atoms with Crippen molar-refractivity contribution >= 4 is 13.2 Å². The minimum atomic E-state index is -2.11. The van der Waals surface area contributed by atoms with Crippen LogP contribution in [0.5, 0.6) is 5.75 Å². The van der Waals surface area contributed by atoms with Crippen LogP contribution in [-0.2, 0) is 0 Å². The van der Waals surface area contributed by atoms with Gasteiger partial charge in [-0.05, 0) is 72.0 Å². The molecular formula is C19H29N4OP. The highest BCUT2D eigenvalue weighted by atomic mass is 31.2. The Morgan fingerprint density at radius 1 is 0.880 bits per heavy atom. The molecule has 2 rings (SSSR count). The third-order valence-corrected chi connectivity index (χ3v) is 7.62. The zero-order valence-corrected chi connectivity index (χ0v) is 16.9. The second-order valence-corrected chi connectivity index (χ2v) is 9.97. The van der Waals surface area contributed by atoms with E-state index in [9.17, 15) is 0 Å². The van der Waals surface area contributed by atoms with Gasteiger partial charge in [-0.3, -0.25) is 9.34 Å². The van der Waals surface area contributed by atoms with E-state index < -0.39 is 7.51 Å². The maximum atomic E-state index is 5.98. The van der Waals surface area contributed by atoms with Crippen molar-refractivity contribution in [3.8, 4) is 5.75 Å². The normalized spacial score (nSPS) is 12.0. The van der Waals surface area contributed by atoms with Gasteiger partial charge in [0.2, 0.25) is 0 Å². The Balaban J connectivity index is 2.37. The van der Waals surface area contributed by atoms with Crippen LogP contribution in [0, 0.1) is 6.92 Å². The van der Waals surface area contributed by atoms with Gasteiger partial charge in [0.05, 0.1) is 5.69 Å². The van der Waals surface area contributed by atoms with Gasteiger partial charge in [-0.2, -0.15) is 0 Å². The molecule has 25 heavy (non-hydrogen) atoms. The fraction of sp³-hybridized carbons (Fsp3) is 0.368. The fourth-order valence-electron chi connectivity index (χ4n) is 2.83. The predicted octanol–water partition coefficient (Wildman–Crippen LogP) is 4.66. The van der Waals surface area contributed by atoms with Crippen molar-refractivity contribution in [2.75, 3.05) is 42.0 Å². The summed E-state index contributed by atoms with van der Waals surface area (Å²) in [6.07, 6.45) is 0. The molecule has 0 saturated heterocycles. The summed E-state index contributed by atoms with van der Waals surface area (Å²) in [6.45, 7) is 2.55. The molecule has 0 fully saturated rings. The number of ether oxygens (including phenoxy) is 1. The fourth-order valence-corrected chi connectivity index (χ4v) is 5.93. The zero-order valence-electron chi connectivity index (χ0n) is 16.0. The maximum absolute atomic E-state index is 5.98. The number of hydrogen-bond donors (Lipinski definition) is 0. The molecule has 2 aromatic carbocycles. The Hall–Kier alpha value is -1.65. The SMILES string of the molecule is Cc1cccc(N=P(N(C)C)(N(C)C)N(C)COc2ccccc2)c1. The smallest absolute Gasteiger partial charge is 0.174 e. The van der Waals surface area contributed by atoms with E-state index in [1.54, 1.807) is 0 Å². The molecule has 0 bridgehead atoms. The lowest BCUT2D eigenvalue weighted by molar-refractivity contribution is 0.213. The highest BCUT2D eigenvalue weighted by molar-refractivity contribution is 7.59. The van der Waals surface area contributed by atoms with Gasteiger partial charge in [0.1, 0.15) is 12.5 Å². The zero-order chi connectivity index (χ0) is 18.4. The molecule has 0 radical (unpaired) electrons. The average Bonchev–Trinajstić information content (AvgIpc) is 2.58. The van der Waals surface area contributed by atoms with Crippen molar-refractivity contribution in [3.63, 3.8) is 0 Å². The summed E-state index contributed by atoms with van der Waals surface area (Å²) in [7, 11) is 8.26. The summed E-state index contributed by atoms with van der Waals surface area (Å²) in [5.41, 5.74) is 2.20. The van der Waals surface area contributed by atoms with Gasteiger partial charge in [-0.25, -0.2) is 9.42 Å². The molecule has 0 aromatic heterocycles. The van der Waals surface area contributed by atoms with Crippen LogP contribution in [0.15, 0.2) is 59.3 Å². The lowest BCUT2D eigenvalue weighted by Gasteiger charge is -2.42. The third kappa shape index (κ3) is 4.71. The van der Waals surface area contributed by atoms with Crippen molar-refractivity contribution in [2.45, 2.75) is 6.92 Å². The molecule has 0 spiro atoms. The summed E-state index contributed by atoms with van der Waals surface area (Å²) in [4.78, 5) is 0. The number of aryl methyl sites for hydroxylation is 1.